The summed E-state index contributed by atoms with van der Waals surface area (Å²) in [7, 11) is -5.15. The maximum Gasteiger partial charge on any atom is 0.472 e. The van der Waals surface area contributed by atoms with E-state index >= 15 is 0 Å². The van der Waals surface area contributed by atoms with Crippen molar-refractivity contribution in [3.05, 3.63) is 109 Å². The van der Waals surface area contributed by atoms with E-state index in [1.807, 2.05) is 18.2 Å². The smallest absolute Gasteiger partial charge is 0.462 e. The van der Waals surface area contributed by atoms with Crippen LogP contribution in [0.25, 0.3) is 0 Å². The van der Waals surface area contributed by atoms with E-state index in [-0.39, 0.29) is 12.8 Å². The first-order valence-corrected chi connectivity index (χ1v) is 25.2. The molecule has 0 amide bonds. The molecule has 65 heavy (non-hydrogen) atoms. The molecule has 0 aromatic rings. The van der Waals surface area contributed by atoms with Crippen molar-refractivity contribution in [2.24, 2.45) is 0 Å². The Morgan fingerprint density at radius 2 is 0.908 bits per heavy atom. The maximum atomic E-state index is 12.8. The minimum atomic E-state index is -5.15. The lowest BCUT2D eigenvalue weighted by Crippen LogP contribution is -2.64. The molecule has 0 saturated heterocycles. The van der Waals surface area contributed by atoms with E-state index in [1.165, 1.54) is 19.3 Å². The van der Waals surface area contributed by atoms with Gasteiger partial charge in [0.15, 0.2) is 6.10 Å². The molecule has 6 unspecified atom stereocenters. The molecule has 1 saturated carbocycles. The van der Waals surface area contributed by atoms with Gasteiger partial charge in [-0.25, -0.2) is 4.57 Å². The summed E-state index contributed by atoms with van der Waals surface area (Å²) in [5, 5.41) is 50.2. The maximum absolute atomic E-state index is 12.8. The normalized spacial score (nSPS) is 22.4. The molecule has 1 aliphatic carbocycles. The van der Waals surface area contributed by atoms with Crippen LogP contribution >= 0.6 is 7.82 Å². The quantitative estimate of drug-likeness (QED) is 0.0149. The number of carbonyl (C=O) groups is 2. The van der Waals surface area contributed by atoms with E-state index < -0.39 is 75.7 Å². The number of allylic oxidation sites excluding steroid dienone is 18. The molecule has 0 radical (unpaired) electrons. The number of unbranched alkanes of at least 4 members (excludes halogenated alkanes) is 7. The Hall–Kier alpha value is -3.49. The second-order valence-corrected chi connectivity index (χ2v) is 17.3. The monoisotopic (exact) mass is 933 g/mol. The topological polar surface area (TPSA) is 210 Å². The second-order valence-electron chi connectivity index (χ2n) is 15.9. The second kappa shape index (κ2) is 39.7. The number of carbonyl (C=O) groups excluding carboxylic acids is 2. The molecule has 0 aliphatic heterocycles. The van der Waals surface area contributed by atoms with Crippen molar-refractivity contribution in [2.75, 3.05) is 13.2 Å². The van der Waals surface area contributed by atoms with Crippen LogP contribution in [0.3, 0.4) is 0 Å². The Bertz CT molecular complexity index is 1550. The molecule has 0 aromatic carbocycles. The first-order valence-electron chi connectivity index (χ1n) is 23.7. The van der Waals surface area contributed by atoms with E-state index in [0.29, 0.717) is 19.3 Å². The van der Waals surface area contributed by atoms with Gasteiger partial charge in [-0.3, -0.25) is 18.6 Å². The molecule has 13 nitrogen and oxygen atoms in total. The molecule has 8 atom stereocenters. The van der Waals surface area contributed by atoms with Crippen molar-refractivity contribution in [1.82, 2.24) is 0 Å². The van der Waals surface area contributed by atoms with Crippen LogP contribution in [0.4, 0.5) is 0 Å². The summed E-state index contributed by atoms with van der Waals surface area (Å²) >= 11 is 0. The van der Waals surface area contributed by atoms with Crippen LogP contribution in [0.15, 0.2) is 109 Å². The summed E-state index contributed by atoms with van der Waals surface area (Å²) in [4.78, 5) is 35.7. The van der Waals surface area contributed by atoms with Crippen molar-refractivity contribution in [3.63, 3.8) is 0 Å². The van der Waals surface area contributed by atoms with Gasteiger partial charge >= 0.3 is 19.8 Å². The van der Waals surface area contributed by atoms with Crippen molar-refractivity contribution < 1.29 is 63.1 Å². The molecule has 1 fully saturated rings. The number of aliphatic hydroxyl groups is 5. The number of hydrogen-bond donors (Lipinski definition) is 6. The Kier molecular flexibility index (Phi) is 36.3. The van der Waals surface area contributed by atoms with Gasteiger partial charge in [-0.05, 0) is 89.9 Å². The molecule has 368 valence electrons. The SMILES string of the molecule is CC/C=C\C/C=C\C/C=C\C/C=C\C/C=C\C/C=C\CCC(=O)OC[C@H](COP(=O)(O)OC1C(O)C(O)C(O)[C@@H](O)C1O)OC(=O)CCCCCC/C=C\C/C=C\C/C=C\CCCCC. The molecular formula is C51H81O13P. The first-order chi connectivity index (χ1) is 31.4. The van der Waals surface area contributed by atoms with E-state index in [4.69, 9.17) is 18.5 Å². The van der Waals surface area contributed by atoms with Crippen molar-refractivity contribution in [2.45, 2.75) is 185 Å². The Morgan fingerprint density at radius 3 is 1.38 bits per heavy atom. The lowest BCUT2D eigenvalue weighted by molar-refractivity contribution is -0.220. The van der Waals surface area contributed by atoms with Gasteiger partial charge in [-0.1, -0.05) is 149 Å². The Labute approximate surface area is 389 Å². The number of hydrogen-bond acceptors (Lipinski definition) is 12. The van der Waals surface area contributed by atoms with Gasteiger partial charge in [0.05, 0.1) is 6.61 Å². The molecule has 0 aromatic heterocycles. The third kappa shape index (κ3) is 32.0. The minimum Gasteiger partial charge on any atom is -0.462 e. The molecule has 0 heterocycles. The highest BCUT2D eigenvalue weighted by atomic mass is 31.2. The van der Waals surface area contributed by atoms with Crippen LogP contribution in [0, 0.1) is 0 Å². The Morgan fingerprint density at radius 1 is 0.492 bits per heavy atom. The highest BCUT2D eigenvalue weighted by molar-refractivity contribution is 7.47. The van der Waals surface area contributed by atoms with Gasteiger partial charge in [-0.15, -0.1) is 0 Å². The number of esters is 2. The highest BCUT2D eigenvalue weighted by Gasteiger charge is 2.51. The minimum absolute atomic E-state index is 0.0298. The third-order valence-corrected chi connectivity index (χ3v) is 11.1. The number of ether oxygens (including phenoxy) is 2. The van der Waals surface area contributed by atoms with Gasteiger partial charge in [0.2, 0.25) is 0 Å². The van der Waals surface area contributed by atoms with Crippen molar-refractivity contribution >= 4 is 19.8 Å². The van der Waals surface area contributed by atoms with Crippen LogP contribution in [0.1, 0.15) is 142 Å². The van der Waals surface area contributed by atoms with E-state index in [0.717, 1.165) is 77.0 Å². The zero-order chi connectivity index (χ0) is 47.8. The average molecular weight is 933 g/mol. The largest absolute Gasteiger partial charge is 0.472 e. The average Bonchev–Trinajstić information content (AvgIpc) is 3.29. The first kappa shape index (κ1) is 59.5. The molecule has 1 aliphatic rings. The van der Waals surface area contributed by atoms with Crippen molar-refractivity contribution in [3.8, 4) is 0 Å². The van der Waals surface area contributed by atoms with Gasteiger partial charge in [0, 0.05) is 12.8 Å². The van der Waals surface area contributed by atoms with Gasteiger partial charge in [0.25, 0.3) is 0 Å². The molecular weight excluding hydrogens is 852 g/mol. The number of aliphatic hydroxyl groups excluding tert-OH is 5. The van der Waals surface area contributed by atoms with Crippen LogP contribution in [-0.2, 0) is 32.7 Å². The number of phosphoric acid groups is 1. The van der Waals surface area contributed by atoms with Crippen LogP contribution in [-0.4, -0.2) is 98.3 Å². The number of phosphoric ester groups is 1. The zero-order valence-corrected chi connectivity index (χ0v) is 39.9. The molecule has 6 N–H and O–H groups in total. The lowest BCUT2D eigenvalue weighted by Gasteiger charge is -2.41. The summed E-state index contributed by atoms with van der Waals surface area (Å²) < 4.78 is 33.4. The fraction of sp³-hybridized carbons (Fsp3) is 0.608. The standard InChI is InChI=1S/C51H81O13P/c1-3-5-7-9-11-13-15-17-19-21-22-24-25-27-29-31-33-35-37-39-44(52)61-41-43(42-62-65(59,60)64-51-49(57)47(55)46(54)48(56)50(51)58)63-45(53)40-38-36-34-32-30-28-26-23-20-18-16-14-12-10-8-6-4-2/h5,7,11-14,17-20,22,24,26-29,33,35,43,46-51,54-58H,3-4,6,8-10,15-16,21,23,25,30-32,34,36-42H2,1-2H3,(H,59,60)/b7-5-,13-11-,14-12-,19-17-,20-18-,24-22-,28-26-,29-27-,35-33-/t43-,46?,47-,48?,49?,50?,51?/m1/s1. The van der Waals surface area contributed by atoms with E-state index in [1.54, 1.807) is 0 Å². The number of rotatable bonds is 37. The summed E-state index contributed by atoms with van der Waals surface area (Å²) in [5.74, 6) is -1.23. The predicted octanol–water partition coefficient (Wildman–Crippen LogP) is 9.61. The van der Waals surface area contributed by atoms with Crippen LogP contribution in [0.2, 0.25) is 0 Å². The molecule has 1 rings (SSSR count). The van der Waals surface area contributed by atoms with Crippen molar-refractivity contribution in [1.29, 1.82) is 0 Å². The van der Waals surface area contributed by atoms with Crippen LogP contribution in [0.5, 0.6) is 0 Å². The zero-order valence-electron chi connectivity index (χ0n) is 39.0. The molecule has 0 bridgehead atoms. The summed E-state index contributed by atoms with van der Waals surface area (Å²) in [6.07, 6.45) is 41.5. The Balaban J connectivity index is 2.53. The van der Waals surface area contributed by atoms with Gasteiger partial charge in [-0.2, -0.15) is 0 Å². The lowest BCUT2D eigenvalue weighted by atomic mass is 9.85. The van der Waals surface area contributed by atoms with Gasteiger partial charge < -0.3 is 39.9 Å². The fourth-order valence-electron chi connectivity index (χ4n) is 6.32. The molecule has 14 heteroatoms. The van der Waals surface area contributed by atoms with E-state index in [9.17, 15) is 44.6 Å². The third-order valence-electron chi connectivity index (χ3n) is 10.1. The van der Waals surface area contributed by atoms with Crippen LogP contribution < -0.4 is 0 Å². The summed E-state index contributed by atoms with van der Waals surface area (Å²) in [6.45, 7) is 3.06. The molecule has 0 spiro atoms. The highest BCUT2D eigenvalue weighted by Crippen LogP contribution is 2.47. The van der Waals surface area contributed by atoms with E-state index in [2.05, 4.69) is 105 Å². The summed E-state index contributed by atoms with van der Waals surface area (Å²) in [6, 6.07) is 0. The predicted molar refractivity (Wildman–Crippen MR) is 257 cm³/mol. The van der Waals surface area contributed by atoms with Gasteiger partial charge in [0.1, 0.15) is 43.2 Å². The fourth-order valence-corrected chi connectivity index (χ4v) is 7.29. The summed E-state index contributed by atoms with van der Waals surface area (Å²) in [5.41, 5.74) is 0.